The zero-order valence-corrected chi connectivity index (χ0v) is 9.36. The maximum absolute atomic E-state index is 11.6. The summed E-state index contributed by atoms with van der Waals surface area (Å²) in [7, 11) is 3.67. The molecule has 1 aromatic carbocycles. The molecular weight excluding hydrogens is 206 g/mol. The van der Waals surface area contributed by atoms with Crippen molar-refractivity contribution in [3.05, 3.63) is 29.8 Å². The first-order valence-corrected chi connectivity index (χ1v) is 4.83. The van der Waals surface area contributed by atoms with Crippen molar-refractivity contribution in [1.82, 2.24) is 4.90 Å². The van der Waals surface area contributed by atoms with Crippen molar-refractivity contribution < 1.29 is 9.59 Å². The second kappa shape index (κ2) is 5.27. The molecule has 5 heteroatoms. The first-order chi connectivity index (χ1) is 7.49. The summed E-state index contributed by atoms with van der Waals surface area (Å²) >= 11 is 0. The minimum absolute atomic E-state index is 0.0376. The Morgan fingerprint density at radius 1 is 1.25 bits per heavy atom. The van der Waals surface area contributed by atoms with Crippen LogP contribution in [0.15, 0.2) is 24.3 Å². The maximum atomic E-state index is 11.6. The fraction of sp³-hybridized carbons (Fsp3) is 0.273. The van der Waals surface area contributed by atoms with E-state index in [1.54, 1.807) is 29.2 Å². The quantitative estimate of drug-likeness (QED) is 0.742. The number of hydrogen-bond donors (Lipinski definition) is 2. The molecule has 0 heterocycles. The van der Waals surface area contributed by atoms with Gasteiger partial charge in [0.2, 0.25) is 0 Å². The van der Waals surface area contributed by atoms with Gasteiger partial charge in [-0.25, -0.2) is 4.79 Å². The molecule has 0 bridgehead atoms. The smallest absolute Gasteiger partial charge is 0.316 e. The van der Waals surface area contributed by atoms with Gasteiger partial charge in [0.25, 0.3) is 0 Å². The van der Waals surface area contributed by atoms with Gasteiger partial charge in [-0.2, -0.15) is 0 Å². The lowest BCUT2D eigenvalue weighted by Crippen LogP contribution is -2.22. The molecule has 0 aliphatic rings. The van der Waals surface area contributed by atoms with Crippen molar-refractivity contribution in [3.8, 4) is 0 Å². The van der Waals surface area contributed by atoms with Crippen LogP contribution in [0, 0.1) is 0 Å². The third kappa shape index (κ3) is 3.70. The van der Waals surface area contributed by atoms with E-state index >= 15 is 0 Å². The van der Waals surface area contributed by atoms with Crippen molar-refractivity contribution in [2.24, 2.45) is 5.73 Å². The van der Waals surface area contributed by atoms with Gasteiger partial charge >= 0.3 is 6.03 Å². The lowest BCUT2D eigenvalue weighted by Gasteiger charge is -2.08. The number of nitrogens with one attached hydrogen (secondary N) is 1. The van der Waals surface area contributed by atoms with Crippen LogP contribution in [-0.2, 0) is 0 Å². The number of carbonyl (C=O) groups is 2. The largest absolute Gasteiger partial charge is 0.351 e. The Bertz CT molecular complexity index is 385. The maximum Gasteiger partial charge on any atom is 0.316 e. The van der Waals surface area contributed by atoms with Crippen LogP contribution in [-0.4, -0.2) is 37.4 Å². The van der Waals surface area contributed by atoms with Crippen LogP contribution in [0.2, 0.25) is 0 Å². The van der Waals surface area contributed by atoms with Gasteiger partial charge in [0.1, 0.15) is 0 Å². The molecule has 1 aromatic rings. The average molecular weight is 221 g/mol. The SMILES string of the molecule is CN(C)CC(=O)c1ccc(NC(N)=O)cc1. The number of hydrogen-bond acceptors (Lipinski definition) is 3. The summed E-state index contributed by atoms with van der Waals surface area (Å²) in [5.74, 6) is 0.0376. The summed E-state index contributed by atoms with van der Waals surface area (Å²) in [5.41, 5.74) is 6.16. The van der Waals surface area contributed by atoms with Gasteiger partial charge in [0.15, 0.2) is 5.78 Å². The molecule has 0 saturated heterocycles. The van der Waals surface area contributed by atoms with E-state index in [0.717, 1.165) is 0 Å². The molecule has 0 radical (unpaired) electrons. The van der Waals surface area contributed by atoms with Crippen LogP contribution >= 0.6 is 0 Å². The predicted octanol–water partition coefficient (Wildman–Crippen LogP) is 0.921. The third-order valence-electron chi connectivity index (χ3n) is 1.93. The summed E-state index contributed by atoms with van der Waals surface area (Å²) in [4.78, 5) is 24.0. The van der Waals surface area contributed by atoms with Gasteiger partial charge in [-0.05, 0) is 38.4 Å². The van der Waals surface area contributed by atoms with E-state index in [4.69, 9.17) is 5.73 Å². The highest BCUT2D eigenvalue weighted by atomic mass is 16.2. The molecule has 0 atom stereocenters. The third-order valence-corrected chi connectivity index (χ3v) is 1.93. The zero-order chi connectivity index (χ0) is 12.1. The molecule has 0 aliphatic heterocycles. The van der Waals surface area contributed by atoms with E-state index < -0.39 is 6.03 Å². The monoisotopic (exact) mass is 221 g/mol. The zero-order valence-electron chi connectivity index (χ0n) is 9.36. The molecule has 86 valence electrons. The number of amides is 2. The highest BCUT2D eigenvalue weighted by Crippen LogP contribution is 2.09. The first kappa shape index (κ1) is 12.2. The molecule has 2 amide bonds. The number of urea groups is 1. The van der Waals surface area contributed by atoms with Crippen LogP contribution in [0.4, 0.5) is 10.5 Å². The van der Waals surface area contributed by atoms with E-state index in [-0.39, 0.29) is 5.78 Å². The number of ketones is 1. The van der Waals surface area contributed by atoms with Gasteiger partial charge in [-0.1, -0.05) is 0 Å². The Balaban J connectivity index is 2.71. The molecule has 0 spiro atoms. The van der Waals surface area contributed by atoms with E-state index in [1.807, 2.05) is 14.1 Å². The lowest BCUT2D eigenvalue weighted by molar-refractivity contribution is 0.0958. The summed E-state index contributed by atoms with van der Waals surface area (Å²) in [5, 5.41) is 2.43. The van der Waals surface area contributed by atoms with Gasteiger partial charge in [0, 0.05) is 11.3 Å². The number of likely N-dealkylation sites (N-methyl/N-ethyl adjacent to an activating group) is 1. The molecule has 0 unspecified atom stereocenters. The van der Waals surface area contributed by atoms with Gasteiger partial charge < -0.3 is 16.0 Å². The highest BCUT2D eigenvalue weighted by molar-refractivity contribution is 5.98. The number of benzene rings is 1. The van der Waals surface area contributed by atoms with Crippen molar-refractivity contribution in [3.63, 3.8) is 0 Å². The minimum atomic E-state index is -0.618. The fourth-order valence-corrected chi connectivity index (χ4v) is 1.26. The van der Waals surface area contributed by atoms with E-state index in [2.05, 4.69) is 5.32 Å². The summed E-state index contributed by atoms with van der Waals surface area (Å²) in [6.07, 6.45) is 0. The second-order valence-corrected chi connectivity index (χ2v) is 3.73. The van der Waals surface area contributed by atoms with Crippen LogP contribution in [0.5, 0.6) is 0 Å². The predicted molar refractivity (Wildman–Crippen MR) is 62.5 cm³/mol. The van der Waals surface area contributed by atoms with Crippen molar-refractivity contribution >= 4 is 17.5 Å². The first-order valence-electron chi connectivity index (χ1n) is 4.83. The number of nitrogens with zero attached hydrogens (tertiary/aromatic N) is 1. The molecule has 0 saturated carbocycles. The number of carbonyl (C=O) groups excluding carboxylic acids is 2. The average Bonchev–Trinajstić information content (AvgIpc) is 2.16. The number of anilines is 1. The number of nitrogens with two attached hydrogens (primary N) is 1. The van der Waals surface area contributed by atoms with E-state index in [9.17, 15) is 9.59 Å². The summed E-state index contributed by atoms with van der Waals surface area (Å²) in [6, 6.07) is 6.00. The standard InChI is InChI=1S/C11H15N3O2/c1-14(2)7-10(15)8-3-5-9(6-4-8)13-11(12)16/h3-6H,7H2,1-2H3,(H3,12,13,16). The molecule has 1 rings (SSSR count). The van der Waals surface area contributed by atoms with E-state index in [0.29, 0.717) is 17.8 Å². The minimum Gasteiger partial charge on any atom is -0.351 e. The number of primary amides is 1. The van der Waals surface area contributed by atoms with E-state index in [1.165, 1.54) is 0 Å². The van der Waals surface area contributed by atoms with Crippen molar-refractivity contribution in [2.75, 3.05) is 26.0 Å². The second-order valence-electron chi connectivity index (χ2n) is 3.73. The molecule has 0 aliphatic carbocycles. The molecule has 3 N–H and O–H groups in total. The Kier molecular flexibility index (Phi) is 4.02. The molecular formula is C11H15N3O2. The molecule has 0 aromatic heterocycles. The van der Waals surface area contributed by atoms with Crippen molar-refractivity contribution in [1.29, 1.82) is 0 Å². The molecule has 16 heavy (non-hydrogen) atoms. The number of rotatable bonds is 4. The lowest BCUT2D eigenvalue weighted by atomic mass is 10.1. The van der Waals surface area contributed by atoms with Gasteiger partial charge in [-0.15, -0.1) is 0 Å². The Labute approximate surface area is 94.2 Å². The van der Waals surface area contributed by atoms with Crippen LogP contribution in [0.25, 0.3) is 0 Å². The van der Waals surface area contributed by atoms with Crippen LogP contribution in [0.3, 0.4) is 0 Å². The Morgan fingerprint density at radius 3 is 2.25 bits per heavy atom. The van der Waals surface area contributed by atoms with Gasteiger partial charge in [-0.3, -0.25) is 4.79 Å². The fourth-order valence-electron chi connectivity index (χ4n) is 1.26. The topological polar surface area (TPSA) is 75.4 Å². The molecule has 0 fully saturated rings. The van der Waals surface area contributed by atoms with Gasteiger partial charge in [0.05, 0.1) is 6.54 Å². The number of Topliss-reactive ketones (excluding diaryl/α,β-unsaturated/α-hetero) is 1. The molecule has 5 nitrogen and oxygen atoms in total. The van der Waals surface area contributed by atoms with Crippen LogP contribution in [0.1, 0.15) is 10.4 Å². The summed E-state index contributed by atoms with van der Waals surface area (Å²) in [6.45, 7) is 0.364. The highest BCUT2D eigenvalue weighted by Gasteiger charge is 2.06. The normalized spacial score (nSPS) is 10.2. The Morgan fingerprint density at radius 2 is 1.81 bits per heavy atom. The summed E-state index contributed by atoms with van der Waals surface area (Å²) < 4.78 is 0. The van der Waals surface area contributed by atoms with Crippen molar-refractivity contribution in [2.45, 2.75) is 0 Å². The van der Waals surface area contributed by atoms with Crippen LogP contribution < -0.4 is 11.1 Å². The Hall–Kier alpha value is -1.88.